The maximum absolute atomic E-state index is 14.0. The zero-order valence-electron chi connectivity index (χ0n) is 14.3. The van der Waals surface area contributed by atoms with E-state index >= 15 is 0 Å². The molecule has 0 aliphatic heterocycles. The first-order chi connectivity index (χ1) is 13.0. The van der Waals surface area contributed by atoms with Gasteiger partial charge in [0, 0.05) is 32.2 Å². The maximum atomic E-state index is 14.0. The Morgan fingerprint density at radius 3 is 2.67 bits per heavy atom. The van der Waals surface area contributed by atoms with Crippen LogP contribution in [0.15, 0.2) is 60.0 Å². The Kier molecular flexibility index (Phi) is 4.46. The molecule has 0 aliphatic rings. The van der Waals surface area contributed by atoms with E-state index in [2.05, 4.69) is 0 Å². The van der Waals surface area contributed by atoms with Crippen molar-refractivity contribution in [1.82, 2.24) is 0 Å². The number of halogens is 2. The van der Waals surface area contributed by atoms with Gasteiger partial charge in [0.1, 0.15) is 11.6 Å². The zero-order valence-corrected chi connectivity index (χ0v) is 15.9. The normalized spacial score (nSPS) is 11.1. The second kappa shape index (κ2) is 6.80. The molecule has 0 unspecified atom stereocenters. The molecule has 0 atom stereocenters. The summed E-state index contributed by atoms with van der Waals surface area (Å²) in [5.74, 6) is -0.760. The van der Waals surface area contributed by atoms with Gasteiger partial charge in [-0.3, -0.25) is 4.79 Å². The molecule has 1 heterocycles. The molecule has 2 nitrogen and oxygen atoms in total. The predicted octanol–water partition coefficient (Wildman–Crippen LogP) is 6.61. The molecule has 4 rings (SSSR count). The number of benzene rings is 3. The molecule has 0 amide bonds. The van der Waals surface area contributed by atoms with Gasteiger partial charge in [-0.2, -0.15) is 0 Å². The van der Waals surface area contributed by atoms with E-state index in [1.54, 1.807) is 13.0 Å². The third-order valence-electron chi connectivity index (χ3n) is 4.51. The van der Waals surface area contributed by atoms with E-state index in [0.29, 0.717) is 27.8 Å². The number of aromatic hydroxyl groups is 1. The Labute approximate surface area is 164 Å². The molecule has 1 aromatic heterocycles. The predicted molar refractivity (Wildman–Crippen MR) is 109 cm³/mol. The number of aryl methyl sites for hydroxylation is 1. The number of rotatable bonds is 3. The van der Waals surface area contributed by atoms with Crippen LogP contribution in [0.1, 0.15) is 21.5 Å². The van der Waals surface area contributed by atoms with Gasteiger partial charge < -0.3 is 5.11 Å². The highest BCUT2D eigenvalue weighted by Gasteiger charge is 2.23. The molecule has 27 heavy (non-hydrogen) atoms. The Hall–Kier alpha value is -2.69. The first-order valence-corrected chi connectivity index (χ1v) is 9.52. The Morgan fingerprint density at radius 1 is 1.07 bits per heavy atom. The maximum Gasteiger partial charge on any atom is 0.195 e. The number of ketones is 1. The monoisotopic (exact) mass is 396 g/mol. The van der Waals surface area contributed by atoms with Gasteiger partial charge in [0.05, 0.1) is 5.02 Å². The van der Waals surface area contributed by atoms with Gasteiger partial charge in [-0.25, -0.2) is 4.39 Å². The van der Waals surface area contributed by atoms with Crippen molar-refractivity contribution in [3.8, 4) is 16.9 Å². The molecule has 0 fully saturated rings. The van der Waals surface area contributed by atoms with Crippen LogP contribution in [-0.2, 0) is 0 Å². The summed E-state index contributed by atoms with van der Waals surface area (Å²) in [4.78, 5) is 13.4. The number of hydrogen-bond acceptors (Lipinski definition) is 3. The summed E-state index contributed by atoms with van der Waals surface area (Å²) in [6.07, 6.45) is 0. The number of carbonyl (C=O) groups excluding carboxylic acids is 1. The number of phenols is 1. The first-order valence-electron chi connectivity index (χ1n) is 8.26. The SMILES string of the molecule is Cc1cc(O)cc(-c2cccc(F)c2Cl)c1C(=O)c1csc2ccccc12. The average molecular weight is 397 g/mol. The molecule has 0 aliphatic carbocycles. The first kappa shape index (κ1) is 17.7. The number of fused-ring (bicyclic) bond motifs is 1. The van der Waals surface area contributed by atoms with E-state index < -0.39 is 5.82 Å². The van der Waals surface area contributed by atoms with Gasteiger partial charge in [0.2, 0.25) is 0 Å². The van der Waals surface area contributed by atoms with E-state index in [1.807, 2.05) is 29.6 Å². The quantitative estimate of drug-likeness (QED) is 0.396. The van der Waals surface area contributed by atoms with Crippen molar-refractivity contribution in [2.75, 3.05) is 0 Å². The summed E-state index contributed by atoms with van der Waals surface area (Å²) < 4.78 is 15.0. The van der Waals surface area contributed by atoms with Crippen molar-refractivity contribution in [2.24, 2.45) is 0 Å². The molecular formula is C22H14ClFO2S. The van der Waals surface area contributed by atoms with Gasteiger partial charge >= 0.3 is 0 Å². The van der Waals surface area contributed by atoms with E-state index in [-0.39, 0.29) is 16.6 Å². The van der Waals surface area contributed by atoms with Crippen molar-refractivity contribution >= 4 is 38.8 Å². The zero-order chi connectivity index (χ0) is 19.1. The molecule has 3 aromatic carbocycles. The van der Waals surface area contributed by atoms with E-state index in [9.17, 15) is 14.3 Å². The highest BCUT2D eigenvalue weighted by Crippen LogP contribution is 2.38. The molecule has 1 N–H and O–H groups in total. The molecule has 134 valence electrons. The van der Waals surface area contributed by atoms with Crippen LogP contribution in [0, 0.1) is 12.7 Å². The number of hydrogen-bond donors (Lipinski definition) is 1. The number of carbonyl (C=O) groups is 1. The highest BCUT2D eigenvalue weighted by atomic mass is 35.5. The van der Waals surface area contributed by atoms with Crippen LogP contribution in [0.3, 0.4) is 0 Å². The van der Waals surface area contributed by atoms with E-state index in [0.717, 1.165) is 10.1 Å². The van der Waals surface area contributed by atoms with Gasteiger partial charge in [0.15, 0.2) is 5.78 Å². The van der Waals surface area contributed by atoms with Gasteiger partial charge in [-0.15, -0.1) is 11.3 Å². The minimum absolute atomic E-state index is 0.00504. The molecule has 0 radical (unpaired) electrons. The summed E-state index contributed by atoms with van der Waals surface area (Å²) in [5, 5.41) is 12.7. The lowest BCUT2D eigenvalue weighted by Crippen LogP contribution is -2.06. The summed E-state index contributed by atoms with van der Waals surface area (Å²) in [7, 11) is 0. The topological polar surface area (TPSA) is 37.3 Å². The van der Waals surface area contributed by atoms with Gasteiger partial charge in [0.25, 0.3) is 0 Å². The van der Waals surface area contributed by atoms with E-state index in [4.69, 9.17) is 11.6 Å². The van der Waals surface area contributed by atoms with Crippen molar-refractivity contribution < 1.29 is 14.3 Å². The summed E-state index contributed by atoms with van der Waals surface area (Å²) in [6.45, 7) is 1.75. The lowest BCUT2D eigenvalue weighted by Gasteiger charge is -2.14. The Morgan fingerprint density at radius 2 is 1.85 bits per heavy atom. The van der Waals surface area contributed by atoms with Crippen molar-refractivity contribution in [3.63, 3.8) is 0 Å². The lowest BCUT2D eigenvalue weighted by molar-refractivity contribution is 0.104. The van der Waals surface area contributed by atoms with Crippen LogP contribution in [0.4, 0.5) is 4.39 Å². The van der Waals surface area contributed by atoms with Crippen LogP contribution in [0.5, 0.6) is 5.75 Å². The molecule has 0 spiro atoms. The summed E-state index contributed by atoms with van der Waals surface area (Å²) in [5.41, 5.74) is 2.38. The average Bonchev–Trinajstić information content (AvgIpc) is 3.07. The Balaban J connectivity index is 1.98. The Bertz CT molecular complexity index is 1200. The molecule has 0 bridgehead atoms. The van der Waals surface area contributed by atoms with E-state index in [1.165, 1.54) is 35.6 Å². The van der Waals surface area contributed by atoms with Crippen molar-refractivity contribution in [3.05, 3.63) is 87.5 Å². The molecular weight excluding hydrogens is 383 g/mol. The van der Waals surface area contributed by atoms with Gasteiger partial charge in [-0.1, -0.05) is 41.9 Å². The third-order valence-corrected chi connectivity index (χ3v) is 5.86. The summed E-state index contributed by atoms with van der Waals surface area (Å²) >= 11 is 7.66. The van der Waals surface area contributed by atoms with Crippen LogP contribution in [-0.4, -0.2) is 10.9 Å². The molecule has 5 heteroatoms. The molecule has 4 aromatic rings. The minimum atomic E-state index is -0.574. The van der Waals surface area contributed by atoms with Crippen molar-refractivity contribution in [1.29, 1.82) is 0 Å². The molecule has 0 saturated carbocycles. The fourth-order valence-electron chi connectivity index (χ4n) is 3.28. The van der Waals surface area contributed by atoms with Crippen molar-refractivity contribution in [2.45, 2.75) is 6.92 Å². The largest absolute Gasteiger partial charge is 0.508 e. The third kappa shape index (κ3) is 3.01. The van der Waals surface area contributed by atoms with Crippen LogP contribution in [0.25, 0.3) is 21.2 Å². The van der Waals surface area contributed by atoms with Crippen LogP contribution < -0.4 is 0 Å². The van der Waals surface area contributed by atoms with Gasteiger partial charge in [-0.05, 0) is 42.3 Å². The smallest absolute Gasteiger partial charge is 0.195 e. The number of thiophene rings is 1. The number of phenolic OH excluding ortho intramolecular Hbond substituents is 1. The fraction of sp³-hybridized carbons (Fsp3) is 0.0455. The van der Waals surface area contributed by atoms with Crippen LogP contribution >= 0.6 is 22.9 Å². The van der Waals surface area contributed by atoms with Crippen LogP contribution in [0.2, 0.25) is 5.02 Å². The lowest BCUT2D eigenvalue weighted by atomic mass is 9.90. The fourth-order valence-corrected chi connectivity index (χ4v) is 4.45. The summed E-state index contributed by atoms with van der Waals surface area (Å²) in [6, 6.07) is 15.1. The second-order valence-corrected chi connectivity index (χ2v) is 7.55. The minimum Gasteiger partial charge on any atom is -0.508 e. The molecule has 0 saturated heterocycles. The second-order valence-electron chi connectivity index (χ2n) is 6.26. The highest BCUT2D eigenvalue weighted by molar-refractivity contribution is 7.17. The standard InChI is InChI=1S/C22H14ClFO2S/c1-12-9-13(25)10-16(15-6-4-7-18(24)21(15)23)20(12)22(26)17-11-27-19-8-3-2-5-14(17)19/h2-11,25H,1H3.